The van der Waals surface area contributed by atoms with E-state index in [-0.39, 0.29) is 5.92 Å². The fraction of sp³-hybridized carbons (Fsp3) is 0.467. The maximum absolute atomic E-state index is 11.7. The third-order valence-electron chi connectivity index (χ3n) is 3.62. The maximum atomic E-state index is 11.7. The van der Waals surface area contributed by atoms with Gasteiger partial charge < -0.3 is 0 Å². The molecule has 0 atom stereocenters. The molecule has 0 radical (unpaired) electrons. The minimum absolute atomic E-state index is 0.249. The summed E-state index contributed by atoms with van der Waals surface area (Å²) in [7, 11) is 0. The van der Waals surface area contributed by atoms with Gasteiger partial charge in [0.05, 0.1) is 0 Å². The average Bonchev–Trinajstić information content (AvgIpc) is 2.40. The monoisotopic (exact) mass is 229 g/mol. The smallest absolute Gasteiger partial charge is 0.158 e. The van der Waals surface area contributed by atoms with E-state index < -0.39 is 0 Å². The molecule has 2 rings (SSSR count). The van der Waals surface area contributed by atoms with Gasteiger partial charge in [-0.05, 0) is 56.2 Å². The minimum atomic E-state index is 0.249. The zero-order valence-corrected chi connectivity index (χ0v) is 10.3. The number of hydrogen-bond acceptors (Lipinski definition) is 2. The quantitative estimate of drug-likeness (QED) is 0.742. The molecule has 1 aliphatic rings. The summed E-state index contributed by atoms with van der Waals surface area (Å²) in [6.45, 7) is 1.90. The molecule has 0 bridgehead atoms. The topological polar surface area (TPSA) is 30.0 Å². The fourth-order valence-electron chi connectivity index (χ4n) is 2.63. The van der Waals surface area contributed by atoms with E-state index in [1.165, 1.54) is 5.56 Å². The number of aromatic nitrogens is 1. The van der Waals surface area contributed by atoms with Gasteiger partial charge in [-0.3, -0.25) is 9.78 Å². The molecule has 0 aliphatic heterocycles. The van der Waals surface area contributed by atoms with Crippen molar-refractivity contribution in [3.63, 3.8) is 0 Å². The molecule has 0 amide bonds. The molecule has 1 aromatic rings. The van der Waals surface area contributed by atoms with Crippen LogP contribution in [0.2, 0.25) is 0 Å². The normalized spacial score (nSPS) is 25.0. The first-order chi connectivity index (χ1) is 8.31. The molecular formula is C15H19NO. The lowest BCUT2D eigenvalue weighted by Crippen LogP contribution is -2.19. The largest absolute Gasteiger partial charge is 0.295 e. The molecule has 17 heavy (non-hydrogen) atoms. The van der Waals surface area contributed by atoms with Crippen molar-refractivity contribution in [2.24, 2.45) is 5.92 Å². The van der Waals surface area contributed by atoms with Crippen LogP contribution < -0.4 is 0 Å². The highest BCUT2D eigenvalue weighted by molar-refractivity contribution is 5.91. The van der Waals surface area contributed by atoms with Crippen LogP contribution in [-0.2, 0) is 4.79 Å². The second-order valence-corrected chi connectivity index (χ2v) is 4.74. The number of ketones is 1. The van der Waals surface area contributed by atoms with E-state index >= 15 is 0 Å². The predicted molar refractivity (Wildman–Crippen MR) is 68.8 cm³/mol. The maximum Gasteiger partial charge on any atom is 0.158 e. The van der Waals surface area contributed by atoms with Crippen LogP contribution in [0.3, 0.4) is 0 Å². The zero-order valence-electron chi connectivity index (χ0n) is 10.3. The molecule has 1 fully saturated rings. The van der Waals surface area contributed by atoms with E-state index in [1.54, 1.807) is 6.08 Å². The Bertz CT molecular complexity index is 389. The Morgan fingerprint density at radius 1 is 1.35 bits per heavy atom. The number of nitrogens with zero attached hydrogens (tertiary/aromatic N) is 1. The number of carbonyl (C=O) groups is 1. The predicted octanol–water partition coefficient (Wildman–Crippen LogP) is 3.50. The molecule has 0 spiro atoms. The van der Waals surface area contributed by atoms with Crippen molar-refractivity contribution >= 4 is 5.78 Å². The first-order valence-corrected chi connectivity index (χ1v) is 6.37. The van der Waals surface area contributed by atoms with Gasteiger partial charge in [0.15, 0.2) is 5.78 Å². The van der Waals surface area contributed by atoms with E-state index in [0.717, 1.165) is 25.7 Å². The number of allylic oxidation sites excluding steroid dienone is 2. The van der Waals surface area contributed by atoms with Crippen molar-refractivity contribution in [1.82, 2.24) is 4.98 Å². The van der Waals surface area contributed by atoms with Gasteiger partial charge in [0.1, 0.15) is 0 Å². The molecule has 1 aliphatic carbocycles. The van der Waals surface area contributed by atoms with Gasteiger partial charge in [0.2, 0.25) is 0 Å². The highest BCUT2D eigenvalue weighted by Crippen LogP contribution is 2.35. The van der Waals surface area contributed by atoms with E-state index in [0.29, 0.717) is 11.7 Å². The molecular weight excluding hydrogens is 210 g/mol. The second-order valence-electron chi connectivity index (χ2n) is 4.74. The van der Waals surface area contributed by atoms with E-state index in [1.807, 2.05) is 31.5 Å². The number of rotatable bonds is 3. The number of pyridine rings is 1. The van der Waals surface area contributed by atoms with Crippen LogP contribution in [0.25, 0.3) is 0 Å². The molecule has 2 nitrogen and oxygen atoms in total. The minimum Gasteiger partial charge on any atom is -0.295 e. The van der Waals surface area contributed by atoms with Crippen molar-refractivity contribution in [3.8, 4) is 0 Å². The van der Waals surface area contributed by atoms with E-state index in [4.69, 9.17) is 0 Å². The highest BCUT2D eigenvalue weighted by Gasteiger charge is 2.25. The van der Waals surface area contributed by atoms with Crippen molar-refractivity contribution in [2.75, 3.05) is 0 Å². The summed E-state index contributed by atoms with van der Waals surface area (Å²) in [6.07, 6.45) is 11.6. The summed E-state index contributed by atoms with van der Waals surface area (Å²) in [4.78, 5) is 15.9. The van der Waals surface area contributed by atoms with Gasteiger partial charge in [-0.25, -0.2) is 0 Å². The van der Waals surface area contributed by atoms with Gasteiger partial charge in [-0.2, -0.15) is 0 Å². The summed E-state index contributed by atoms with van der Waals surface area (Å²) in [5.74, 6) is 1.15. The lowest BCUT2D eigenvalue weighted by Gasteiger charge is -2.27. The molecule has 1 saturated carbocycles. The lowest BCUT2D eigenvalue weighted by molar-refractivity contribution is -0.119. The summed E-state index contributed by atoms with van der Waals surface area (Å²) in [5.41, 5.74) is 1.32. The molecule has 1 heterocycles. The molecule has 0 aromatic carbocycles. The average molecular weight is 229 g/mol. The molecule has 2 heteroatoms. The zero-order chi connectivity index (χ0) is 12.1. The molecule has 1 aromatic heterocycles. The van der Waals surface area contributed by atoms with Crippen LogP contribution in [0.15, 0.2) is 36.7 Å². The van der Waals surface area contributed by atoms with Crippen molar-refractivity contribution < 1.29 is 4.79 Å². The Hall–Kier alpha value is -1.44. The Labute approximate surface area is 103 Å². The van der Waals surface area contributed by atoms with Crippen LogP contribution in [0.5, 0.6) is 0 Å². The van der Waals surface area contributed by atoms with E-state index in [2.05, 4.69) is 11.1 Å². The van der Waals surface area contributed by atoms with Gasteiger partial charge in [-0.1, -0.05) is 12.1 Å². The summed E-state index contributed by atoms with van der Waals surface area (Å²) in [5, 5.41) is 0. The van der Waals surface area contributed by atoms with Crippen LogP contribution in [0, 0.1) is 5.92 Å². The lowest BCUT2D eigenvalue weighted by atomic mass is 9.77. The molecule has 0 saturated heterocycles. The third-order valence-corrected chi connectivity index (χ3v) is 3.62. The third kappa shape index (κ3) is 3.02. The Kier molecular flexibility index (Phi) is 4.08. The Morgan fingerprint density at radius 3 is 2.71 bits per heavy atom. The highest BCUT2D eigenvalue weighted by atomic mass is 16.1. The van der Waals surface area contributed by atoms with Gasteiger partial charge in [0, 0.05) is 18.3 Å². The van der Waals surface area contributed by atoms with Crippen LogP contribution in [-0.4, -0.2) is 10.8 Å². The van der Waals surface area contributed by atoms with Crippen LogP contribution in [0.4, 0.5) is 0 Å². The van der Waals surface area contributed by atoms with Gasteiger partial charge in [0.25, 0.3) is 0 Å². The summed E-state index contributed by atoms with van der Waals surface area (Å²) >= 11 is 0. The van der Waals surface area contributed by atoms with Crippen LogP contribution >= 0.6 is 0 Å². The van der Waals surface area contributed by atoms with Crippen molar-refractivity contribution in [2.45, 2.75) is 38.5 Å². The van der Waals surface area contributed by atoms with Crippen molar-refractivity contribution in [3.05, 3.63) is 42.2 Å². The number of carbonyl (C=O) groups excluding carboxylic acids is 1. The van der Waals surface area contributed by atoms with E-state index in [9.17, 15) is 4.79 Å². The standard InChI is InChI=1S/C15H19NO/c1-2-4-15(17)13-8-6-12(7-9-13)14-5-3-10-16-11-14/h2-5,10-13H,6-9H2,1H3/b4-2+/t12-,13-. The molecule has 0 N–H and O–H groups in total. The molecule has 90 valence electrons. The first kappa shape index (κ1) is 12.0. The molecule has 0 unspecified atom stereocenters. The van der Waals surface area contributed by atoms with Crippen LogP contribution in [0.1, 0.15) is 44.1 Å². The van der Waals surface area contributed by atoms with Gasteiger partial charge >= 0.3 is 0 Å². The Balaban J connectivity index is 1.92. The second kappa shape index (κ2) is 5.76. The summed E-state index contributed by atoms with van der Waals surface area (Å²) in [6, 6.07) is 4.14. The Morgan fingerprint density at radius 2 is 2.12 bits per heavy atom. The fourth-order valence-corrected chi connectivity index (χ4v) is 2.63. The SMILES string of the molecule is C/C=C/C(=O)[C@H]1CC[C@H](c2cccnc2)CC1. The van der Waals surface area contributed by atoms with Crippen molar-refractivity contribution in [1.29, 1.82) is 0 Å². The van der Waals surface area contributed by atoms with Gasteiger partial charge in [-0.15, -0.1) is 0 Å². The number of hydrogen-bond donors (Lipinski definition) is 0. The first-order valence-electron chi connectivity index (χ1n) is 6.37. The summed E-state index contributed by atoms with van der Waals surface area (Å²) < 4.78 is 0.